The van der Waals surface area contributed by atoms with E-state index in [0.29, 0.717) is 0 Å². The normalized spacial score (nSPS) is 19.2. The lowest BCUT2D eigenvalue weighted by atomic mass is 11.0. The van der Waals surface area contributed by atoms with Crippen LogP contribution in [0.1, 0.15) is 0 Å². The van der Waals surface area contributed by atoms with Gasteiger partial charge in [0.2, 0.25) is 0 Å². The second-order valence-electron chi connectivity index (χ2n) is 1.49. The molecule has 1 rings (SSSR count). The van der Waals surface area contributed by atoms with Gasteiger partial charge in [-0.3, -0.25) is 0 Å². The largest absolute Gasteiger partial charge is 0.307 e. The van der Waals surface area contributed by atoms with E-state index in [0.717, 1.165) is 5.88 Å². The Morgan fingerprint density at radius 2 is 2.75 bits per heavy atom. The summed E-state index contributed by atoms with van der Waals surface area (Å²) in [5, 5.41) is 1.72. The number of nitrogens with two attached hydrogens (primary N) is 1. The molecular weight excluding hydrogens is 140 g/mol. The molecule has 0 spiro atoms. The quantitative estimate of drug-likeness (QED) is 0.426. The third kappa shape index (κ3) is 1.34. The maximum absolute atomic E-state index is 5.44. The van der Waals surface area contributed by atoms with Crippen molar-refractivity contribution in [2.24, 2.45) is 5.84 Å². The van der Waals surface area contributed by atoms with Crippen LogP contribution < -0.4 is 5.84 Å². The molecule has 1 aliphatic heterocycles. The SMILES string of the molecule is CSC1=CN(N)C[SH]1. The van der Waals surface area contributed by atoms with Crippen molar-refractivity contribution in [3.63, 3.8) is 0 Å². The Bertz CT molecular complexity index is 113. The molecule has 0 bridgehead atoms. The minimum absolute atomic E-state index is 0.955. The molecule has 1 heterocycles. The fraction of sp³-hybridized carbons (Fsp3) is 0.500. The zero-order valence-corrected chi connectivity index (χ0v) is 6.38. The maximum Gasteiger partial charge on any atom is 0.0726 e. The van der Waals surface area contributed by atoms with Crippen LogP contribution in [0.4, 0.5) is 0 Å². The first-order valence-corrected chi connectivity index (χ1v) is 4.58. The van der Waals surface area contributed by atoms with E-state index in [2.05, 4.69) is 6.26 Å². The topological polar surface area (TPSA) is 29.3 Å². The highest BCUT2D eigenvalue weighted by Gasteiger charge is 2.05. The van der Waals surface area contributed by atoms with Gasteiger partial charge < -0.3 is 5.01 Å². The van der Waals surface area contributed by atoms with Crippen molar-refractivity contribution in [2.45, 2.75) is 0 Å². The summed E-state index contributed by atoms with van der Waals surface area (Å²) in [6, 6.07) is 0. The van der Waals surface area contributed by atoms with Crippen LogP contribution in [0, 0.1) is 0 Å². The van der Waals surface area contributed by atoms with Gasteiger partial charge in [-0.15, -0.1) is 11.8 Å². The molecule has 0 saturated heterocycles. The molecule has 4 heteroatoms. The monoisotopic (exact) mass is 149 g/mol. The van der Waals surface area contributed by atoms with Crippen LogP contribution in [-0.4, -0.2) is 17.1 Å². The predicted octanol–water partition coefficient (Wildman–Crippen LogP) is 0.761. The van der Waals surface area contributed by atoms with E-state index in [1.54, 1.807) is 16.8 Å². The molecule has 1 radical (unpaired) electrons. The third-order valence-electron chi connectivity index (χ3n) is 0.875. The summed E-state index contributed by atoms with van der Waals surface area (Å²) in [7, 11) is 0. The van der Waals surface area contributed by atoms with E-state index >= 15 is 0 Å². The molecule has 0 aromatic heterocycles. The van der Waals surface area contributed by atoms with Gasteiger partial charge in [0.1, 0.15) is 0 Å². The minimum atomic E-state index is 0.955. The molecule has 0 aromatic rings. The number of thioether (sulfide) groups is 1. The number of thiol groups is 1. The van der Waals surface area contributed by atoms with Crippen LogP contribution in [0.2, 0.25) is 0 Å². The third-order valence-corrected chi connectivity index (χ3v) is 3.23. The van der Waals surface area contributed by atoms with Crippen molar-refractivity contribution in [1.29, 1.82) is 0 Å². The van der Waals surface area contributed by atoms with Crippen LogP contribution in [0.25, 0.3) is 0 Å². The Balaban J connectivity index is 2.44. The fourth-order valence-corrected chi connectivity index (χ4v) is 2.04. The molecule has 0 aliphatic carbocycles. The average molecular weight is 149 g/mol. The average Bonchev–Trinajstić information content (AvgIpc) is 2.14. The highest BCUT2D eigenvalue weighted by Crippen LogP contribution is 2.30. The summed E-state index contributed by atoms with van der Waals surface area (Å²) in [5.74, 6) is 6.39. The summed E-state index contributed by atoms with van der Waals surface area (Å²) in [6.45, 7) is 0. The van der Waals surface area contributed by atoms with Crippen molar-refractivity contribution in [3.05, 3.63) is 10.4 Å². The Labute approximate surface area is 57.5 Å². The highest BCUT2D eigenvalue weighted by atomic mass is 32.2. The molecule has 0 aromatic carbocycles. The smallest absolute Gasteiger partial charge is 0.0726 e. The van der Waals surface area contributed by atoms with Crippen LogP contribution >= 0.6 is 23.5 Å². The Morgan fingerprint density at radius 1 is 2.00 bits per heavy atom. The van der Waals surface area contributed by atoms with E-state index in [-0.39, 0.29) is 0 Å². The fourth-order valence-electron chi connectivity index (χ4n) is 0.492. The maximum atomic E-state index is 5.44. The number of nitrogens with zero attached hydrogens (tertiary/aromatic N) is 1. The molecule has 0 saturated carbocycles. The first-order chi connectivity index (χ1) is 3.83. The molecule has 8 heavy (non-hydrogen) atoms. The summed E-state index contributed by atoms with van der Waals surface area (Å²) >= 11 is 3.10. The van der Waals surface area contributed by atoms with Crippen LogP contribution in [0.3, 0.4) is 0 Å². The molecule has 0 unspecified atom stereocenters. The van der Waals surface area contributed by atoms with Gasteiger partial charge in [-0.2, -0.15) is 11.8 Å². The van der Waals surface area contributed by atoms with Gasteiger partial charge in [-0.1, -0.05) is 0 Å². The predicted molar refractivity (Wildman–Crippen MR) is 41.5 cm³/mol. The number of rotatable bonds is 1. The molecule has 47 valence electrons. The summed E-state index contributed by atoms with van der Waals surface area (Å²) in [4.78, 5) is 0. The number of hydrazine groups is 1. The molecule has 0 fully saturated rings. The highest BCUT2D eigenvalue weighted by molar-refractivity contribution is 8.22. The van der Waals surface area contributed by atoms with Crippen molar-refractivity contribution in [2.75, 3.05) is 12.1 Å². The molecule has 2 N–H and O–H groups in total. The van der Waals surface area contributed by atoms with Crippen molar-refractivity contribution in [3.8, 4) is 0 Å². The van der Waals surface area contributed by atoms with Crippen molar-refractivity contribution < 1.29 is 0 Å². The van der Waals surface area contributed by atoms with Gasteiger partial charge in [0.25, 0.3) is 0 Å². The van der Waals surface area contributed by atoms with E-state index < -0.39 is 0 Å². The molecule has 0 amide bonds. The second-order valence-corrected chi connectivity index (χ2v) is 3.72. The zero-order chi connectivity index (χ0) is 5.98. The molecule has 1 aliphatic rings. The molecule has 0 atom stereocenters. The lowest BCUT2D eigenvalue weighted by Crippen LogP contribution is -2.20. The van der Waals surface area contributed by atoms with Crippen LogP contribution in [0.15, 0.2) is 10.4 Å². The van der Waals surface area contributed by atoms with Crippen molar-refractivity contribution in [1.82, 2.24) is 5.01 Å². The summed E-state index contributed by atoms with van der Waals surface area (Å²) in [6.07, 6.45) is 4.05. The lowest BCUT2D eigenvalue weighted by Gasteiger charge is -2.01. The van der Waals surface area contributed by atoms with Gasteiger partial charge in [0, 0.05) is 10.4 Å². The Kier molecular flexibility index (Phi) is 2.10. The van der Waals surface area contributed by atoms with Crippen LogP contribution in [0.5, 0.6) is 0 Å². The standard InChI is InChI=1S/C4H9N2S2/c1-7-4-2-6(5)3-8-4/h2,8H,3,5H2,1H3. The first-order valence-electron chi connectivity index (χ1n) is 2.27. The molecule has 2 nitrogen and oxygen atoms in total. The lowest BCUT2D eigenvalue weighted by molar-refractivity contribution is 0.474. The van der Waals surface area contributed by atoms with Gasteiger partial charge in [0.05, 0.1) is 5.88 Å². The first kappa shape index (κ1) is 6.32. The van der Waals surface area contributed by atoms with Crippen LogP contribution in [-0.2, 0) is 0 Å². The minimum Gasteiger partial charge on any atom is -0.307 e. The summed E-state index contributed by atoms with van der Waals surface area (Å²) < 4.78 is 1.35. The van der Waals surface area contributed by atoms with Gasteiger partial charge in [-0.05, 0) is 6.26 Å². The van der Waals surface area contributed by atoms with E-state index in [1.165, 1.54) is 16.0 Å². The second kappa shape index (κ2) is 2.66. The zero-order valence-electron chi connectivity index (χ0n) is 4.66. The summed E-state index contributed by atoms with van der Waals surface area (Å²) in [5.41, 5.74) is 0. The van der Waals surface area contributed by atoms with E-state index in [1.807, 2.05) is 6.20 Å². The Hall–Kier alpha value is 0.200. The number of hydrogen-bond acceptors (Lipinski definition) is 3. The van der Waals surface area contributed by atoms with Gasteiger partial charge >= 0.3 is 0 Å². The Morgan fingerprint density at radius 3 is 3.00 bits per heavy atom. The van der Waals surface area contributed by atoms with E-state index in [4.69, 9.17) is 5.84 Å². The van der Waals surface area contributed by atoms with Gasteiger partial charge in [-0.25, -0.2) is 5.84 Å². The van der Waals surface area contributed by atoms with Gasteiger partial charge in [0.15, 0.2) is 0 Å². The van der Waals surface area contributed by atoms with E-state index in [9.17, 15) is 0 Å². The molecular formula is C4H9N2S2. The number of hydrogen-bond donors (Lipinski definition) is 2. The van der Waals surface area contributed by atoms with Crippen molar-refractivity contribution >= 4 is 23.5 Å².